The molecule has 4 aliphatic rings. The normalized spacial score (nSPS) is 35.6. The molecule has 0 aromatic heterocycles. The highest BCUT2D eigenvalue weighted by Gasteiger charge is 2.62. The lowest BCUT2D eigenvalue weighted by Gasteiger charge is -2.14. The highest BCUT2D eigenvalue weighted by molar-refractivity contribution is 8.16. The molecule has 0 atom stereocenters. The molecule has 0 aromatic rings. The number of thioether (sulfide) groups is 1. The van der Waals surface area contributed by atoms with Gasteiger partial charge in [0.1, 0.15) is 4.75 Å². The van der Waals surface area contributed by atoms with E-state index in [9.17, 15) is 4.79 Å². The zero-order valence-corrected chi connectivity index (χ0v) is 9.42. The van der Waals surface area contributed by atoms with Gasteiger partial charge in [-0.2, -0.15) is 0 Å². The lowest BCUT2D eigenvalue weighted by atomic mass is 10.3. The Morgan fingerprint density at radius 2 is 2.00 bits per heavy atom. The Kier molecular flexibility index (Phi) is 1.49. The van der Waals surface area contributed by atoms with Gasteiger partial charge in [-0.05, 0) is 38.5 Å². The molecule has 1 amide bonds. The summed E-state index contributed by atoms with van der Waals surface area (Å²) in [5, 5.41) is 1.06. The molecule has 0 bridgehead atoms. The molecule has 1 heterocycles. The Hall–Kier alpha value is -0.510. The fourth-order valence-corrected chi connectivity index (χ4v) is 3.48. The number of carbonyl (C=O) groups is 1. The summed E-state index contributed by atoms with van der Waals surface area (Å²) in [5.41, 5.74) is 0. The van der Waals surface area contributed by atoms with Crippen molar-refractivity contribution in [2.75, 3.05) is 0 Å². The third-order valence-corrected chi connectivity index (χ3v) is 5.02. The van der Waals surface area contributed by atoms with Crippen molar-refractivity contribution < 1.29 is 4.79 Å². The molecule has 1 saturated heterocycles. The Labute approximate surface area is 93.3 Å². The standard InChI is InChI=1S/C11H14N2OS/c14-9-11(5-6-11)15-10(12-7-1-2-7)13(9)8-3-4-8/h7-8H,1-6H2. The largest absolute Gasteiger partial charge is 0.287 e. The molecule has 1 spiro atoms. The second-order valence-corrected chi connectivity index (χ2v) is 6.50. The highest BCUT2D eigenvalue weighted by atomic mass is 32.2. The molecule has 1 aliphatic heterocycles. The number of amidine groups is 1. The van der Waals surface area contributed by atoms with Crippen LogP contribution in [-0.4, -0.2) is 32.8 Å². The Bertz CT molecular complexity index is 367. The van der Waals surface area contributed by atoms with Gasteiger partial charge < -0.3 is 0 Å². The van der Waals surface area contributed by atoms with E-state index in [-0.39, 0.29) is 4.75 Å². The SMILES string of the molecule is O=C1N(C2CC2)C(=NC2CC2)SC12CC2. The molecule has 0 N–H and O–H groups in total. The summed E-state index contributed by atoms with van der Waals surface area (Å²) in [6, 6.07) is 1.04. The molecule has 15 heavy (non-hydrogen) atoms. The van der Waals surface area contributed by atoms with Gasteiger partial charge in [-0.3, -0.25) is 14.7 Å². The average molecular weight is 222 g/mol. The molecule has 80 valence electrons. The van der Waals surface area contributed by atoms with E-state index < -0.39 is 0 Å². The number of hydrogen-bond donors (Lipinski definition) is 0. The molecule has 3 aliphatic carbocycles. The first-order valence-electron chi connectivity index (χ1n) is 5.89. The zero-order chi connectivity index (χ0) is 10.0. The maximum Gasteiger partial charge on any atom is 0.245 e. The molecule has 0 radical (unpaired) electrons. The minimum atomic E-state index is -0.0453. The van der Waals surface area contributed by atoms with Gasteiger partial charge in [0.25, 0.3) is 0 Å². The Morgan fingerprint density at radius 1 is 1.27 bits per heavy atom. The first-order valence-corrected chi connectivity index (χ1v) is 6.71. The zero-order valence-electron chi connectivity index (χ0n) is 8.61. The predicted octanol–water partition coefficient (Wildman–Crippen LogP) is 1.78. The van der Waals surface area contributed by atoms with Crippen molar-refractivity contribution in [3.8, 4) is 0 Å². The maximum absolute atomic E-state index is 12.2. The summed E-state index contributed by atoms with van der Waals surface area (Å²) in [7, 11) is 0. The van der Waals surface area contributed by atoms with E-state index in [1.165, 1.54) is 25.7 Å². The van der Waals surface area contributed by atoms with Crippen LogP contribution in [0, 0.1) is 0 Å². The van der Waals surface area contributed by atoms with Gasteiger partial charge in [0.2, 0.25) is 5.91 Å². The smallest absolute Gasteiger partial charge is 0.245 e. The fraction of sp³-hybridized carbons (Fsp3) is 0.818. The molecule has 4 heteroatoms. The van der Waals surface area contributed by atoms with Crippen LogP contribution in [0.5, 0.6) is 0 Å². The second-order valence-electron chi connectivity index (χ2n) is 5.15. The molecule has 0 unspecified atom stereocenters. The molecule has 4 rings (SSSR count). The minimum Gasteiger partial charge on any atom is -0.287 e. The molecule has 4 fully saturated rings. The molecule has 3 nitrogen and oxygen atoms in total. The van der Waals surface area contributed by atoms with Crippen LogP contribution >= 0.6 is 11.8 Å². The van der Waals surface area contributed by atoms with Gasteiger partial charge in [0.05, 0.1) is 6.04 Å². The molecule has 3 saturated carbocycles. The lowest BCUT2D eigenvalue weighted by Crippen LogP contribution is -2.34. The van der Waals surface area contributed by atoms with E-state index in [1.54, 1.807) is 11.8 Å². The summed E-state index contributed by atoms with van der Waals surface area (Å²) in [4.78, 5) is 18.9. The van der Waals surface area contributed by atoms with Crippen LogP contribution in [0.1, 0.15) is 38.5 Å². The van der Waals surface area contributed by atoms with Crippen LogP contribution < -0.4 is 0 Å². The van der Waals surface area contributed by atoms with Crippen LogP contribution in [0.2, 0.25) is 0 Å². The number of aliphatic imine (C=N–C) groups is 1. The monoisotopic (exact) mass is 222 g/mol. The first kappa shape index (κ1) is 8.62. The highest BCUT2D eigenvalue weighted by Crippen LogP contribution is 2.57. The molecular formula is C11H14N2OS. The van der Waals surface area contributed by atoms with E-state index in [1.807, 2.05) is 4.90 Å². The van der Waals surface area contributed by atoms with Crippen molar-refractivity contribution in [1.82, 2.24) is 4.90 Å². The lowest BCUT2D eigenvalue weighted by molar-refractivity contribution is -0.127. The van der Waals surface area contributed by atoms with E-state index in [0.29, 0.717) is 18.0 Å². The molecule has 0 aromatic carbocycles. The van der Waals surface area contributed by atoms with Crippen LogP contribution in [0.4, 0.5) is 0 Å². The Balaban J connectivity index is 1.68. The van der Waals surface area contributed by atoms with Crippen LogP contribution in [0.25, 0.3) is 0 Å². The third kappa shape index (κ3) is 1.27. The fourth-order valence-electron chi connectivity index (χ4n) is 2.11. The Morgan fingerprint density at radius 3 is 2.53 bits per heavy atom. The van der Waals surface area contributed by atoms with Gasteiger partial charge >= 0.3 is 0 Å². The van der Waals surface area contributed by atoms with Gasteiger partial charge in [0.15, 0.2) is 5.17 Å². The number of amides is 1. The van der Waals surface area contributed by atoms with Gasteiger partial charge in [-0.25, -0.2) is 0 Å². The average Bonchev–Trinajstić information content (AvgIpc) is 3.06. The van der Waals surface area contributed by atoms with E-state index in [0.717, 1.165) is 18.0 Å². The summed E-state index contributed by atoms with van der Waals surface area (Å²) in [6.07, 6.45) is 6.97. The molecular weight excluding hydrogens is 208 g/mol. The van der Waals surface area contributed by atoms with Crippen LogP contribution in [0.15, 0.2) is 4.99 Å². The van der Waals surface area contributed by atoms with Crippen LogP contribution in [0.3, 0.4) is 0 Å². The number of rotatable bonds is 2. The number of carbonyl (C=O) groups excluding carboxylic acids is 1. The van der Waals surface area contributed by atoms with Gasteiger partial charge in [-0.15, -0.1) is 0 Å². The second kappa shape index (κ2) is 2.59. The number of nitrogens with zero attached hydrogens (tertiary/aromatic N) is 2. The minimum absolute atomic E-state index is 0.0453. The van der Waals surface area contributed by atoms with Gasteiger partial charge in [0, 0.05) is 6.04 Å². The van der Waals surface area contributed by atoms with Crippen molar-refractivity contribution >= 4 is 22.8 Å². The summed E-state index contributed by atoms with van der Waals surface area (Å²) >= 11 is 1.76. The van der Waals surface area contributed by atoms with Crippen molar-refractivity contribution in [3.05, 3.63) is 0 Å². The van der Waals surface area contributed by atoms with Gasteiger partial charge in [-0.1, -0.05) is 11.8 Å². The number of hydrogen-bond acceptors (Lipinski definition) is 3. The van der Waals surface area contributed by atoms with Crippen molar-refractivity contribution in [1.29, 1.82) is 0 Å². The van der Waals surface area contributed by atoms with Crippen molar-refractivity contribution in [3.63, 3.8) is 0 Å². The predicted molar refractivity (Wildman–Crippen MR) is 59.9 cm³/mol. The quantitative estimate of drug-likeness (QED) is 0.713. The topological polar surface area (TPSA) is 32.7 Å². The summed E-state index contributed by atoms with van der Waals surface area (Å²) in [5.74, 6) is 0.370. The van der Waals surface area contributed by atoms with E-state index in [4.69, 9.17) is 4.99 Å². The van der Waals surface area contributed by atoms with E-state index >= 15 is 0 Å². The third-order valence-electron chi connectivity index (χ3n) is 3.56. The summed E-state index contributed by atoms with van der Waals surface area (Å²) < 4.78 is -0.0453. The van der Waals surface area contributed by atoms with Crippen molar-refractivity contribution in [2.24, 2.45) is 4.99 Å². The van der Waals surface area contributed by atoms with E-state index in [2.05, 4.69) is 0 Å². The first-order chi connectivity index (χ1) is 7.28. The summed E-state index contributed by atoms with van der Waals surface area (Å²) in [6.45, 7) is 0. The maximum atomic E-state index is 12.2. The van der Waals surface area contributed by atoms with Crippen molar-refractivity contribution in [2.45, 2.75) is 55.4 Å². The van der Waals surface area contributed by atoms with Crippen LogP contribution in [-0.2, 0) is 4.79 Å².